The van der Waals surface area contributed by atoms with Crippen molar-refractivity contribution in [3.8, 4) is 23.0 Å². The Morgan fingerprint density at radius 1 is 0.349 bits per heavy atom. The number of hydrogen-bond acceptors (Lipinski definition) is 9. The maximum Gasteiger partial charge on any atom is 0.276 e. The molecule has 0 radical (unpaired) electrons. The van der Waals surface area contributed by atoms with Gasteiger partial charge in [-0.05, 0) is 70.8 Å². The fourth-order valence-electron chi connectivity index (χ4n) is 3.89. The summed E-state index contributed by atoms with van der Waals surface area (Å²) in [5.74, 6) is 3.02. The molecule has 0 aromatic heterocycles. The lowest BCUT2D eigenvalue weighted by atomic mass is 10.2. The van der Waals surface area contributed by atoms with Gasteiger partial charge in [0, 0.05) is 0 Å². The van der Waals surface area contributed by atoms with E-state index < -0.39 is 13.0 Å². The number of rotatable bonds is 18. The smallest absolute Gasteiger partial charge is 0.276 e. The number of hydrogen-bond donors (Lipinski definition) is 0. The molecule has 0 N–H and O–H groups in total. The Hall–Kier alpha value is -4.12. The summed E-state index contributed by atoms with van der Waals surface area (Å²) >= 11 is 0. The summed E-state index contributed by atoms with van der Waals surface area (Å²) < 4.78 is 51.4. The Kier molecular flexibility index (Phi) is 12.7. The van der Waals surface area contributed by atoms with Crippen LogP contribution in [0.3, 0.4) is 0 Å². The Morgan fingerprint density at radius 2 is 0.558 bits per heavy atom. The average Bonchev–Trinajstić information content (AvgIpc) is 3.07. The van der Waals surface area contributed by atoms with Crippen LogP contribution >= 0.6 is 0 Å². The van der Waals surface area contributed by atoms with Crippen LogP contribution in [0.5, 0.6) is 23.0 Å². The molecule has 0 amide bonds. The molecule has 0 saturated carbocycles. The maximum absolute atomic E-state index is 6.13. The van der Waals surface area contributed by atoms with Crippen molar-refractivity contribution in [3.63, 3.8) is 0 Å². The highest BCUT2D eigenvalue weighted by molar-refractivity contribution is 5.29. The first-order chi connectivity index (χ1) is 21.1. The third-order valence-electron chi connectivity index (χ3n) is 6.40. The predicted molar refractivity (Wildman–Crippen MR) is 160 cm³/mol. The van der Waals surface area contributed by atoms with Crippen molar-refractivity contribution < 1.29 is 42.6 Å². The number of methoxy groups -OCH3 is 4. The molecule has 0 atom stereocenters. The third kappa shape index (κ3) is 10.6. The molecule has 9 heteroatoms. The first-order valence-electron chi connectivity index (χ1n) is 13.7. The molecule has 0 unspecified atom stereocenters. The van der Waals surface area contributed by atoms with Crippen molar-refractivity contribution in [2.24, 2.45) is 0 Å². The Balaban J connectivity index is 1.46. The molecule has 9 nitrogen and oxygen atoms in total. The molecule has 0 aliphatic carbocycles. The van der Waals surface area contributed by atoms with Crippen molar-refractivity contribution in [3.05, 3.63) is 119 Å². The molecule has 0 heterocycles. The van der Waals surface area contributed by atoms with Gasteiger partial charge in [-0.2, -0.15) is 0 Å². The molecule has 4 aromatic rings. The second-order valence-corrected chi connectivity index (χ2v) is 9.35. The lowest BCUT2D eigenvalue weighted by Gasteiger charge is -2.25. The van der Waals surface area contributed by atoms with E-state index in [1.165, 1.54) is 0 Å². The van der Waals surface area contributed by atoms with Crippen LogP contribution in [-0.2, 0) is 50.1 Å². The Labute approximate surface area is 252 Å². The normalized spacial score (nSPS) is 11.1. The monoisotopic (exact) mass is 590 g/mol. The predicted octanol–water partition coefficient (Wildman–Crippen LogP) is 6.47. The second kappa shape index (κ2) is 17.1. The van der Waals surface area contributed by atoms with Crippen molar-refractivity contribution in [1.82, 2.24) is 0 Å². The third-order valence-corrected chi connectivity index (χ3v) is 6.40. The van der Waals surface area contributed by atoms with E-state index in [4.69, 9.17) is 42.6 Å². The van der Waals surface area contributed by atoms with E-state index in [2.05, 4.69) is 0 Å². The number of ether oxygens (including phenoxy) is 9. The summed E-state index contributed by atoms with van der Waals surface area (Å²) in [5, 5.41) is 0. The lowest BCUT2D eigenvalue weighted by Crippen LogP contribution is -2.31. The van der Waals surface area contributed by atoms with Gasteiger partial charge in [0.1, 0.15) is 23.0 Å². The zero-order valence-electron chi connectivity index (χ0n) is 24.9. The van der Waals surface area contributed by atoms with Gasteiger partial charge in [0.05, 0.1) is 54.9 Å². The average molecular weight is 591 g/mol. The molecule has 4 rings (SSSR count). The van der Waals surface area contributed by atoms with E-state index in [1.807, 2.05) is 97.1 Å². The molecule has 0 aliphatic heterocycles. The van der Waals surface area contributed by atoms with Crippen LogP contribution in [0, 0.1) is 0 Å². The molecule has 0 bridgehead atoms. The van der Waals surface area contributed by atoms with Gasteiger partial charge in [-0.25, -0.2) is 0 Å². The minimum absolute atomic E-state index is 0.223. The fourth-order valence-corrected chi connectivity index (χ4v) is 3.89. The largest absolute Gasteiger partial charge is 0.497 e. The summed E-state index contributed by atoms with van der Waals surface area (Å²) in [4.78, 5) is 0. The van der Waals surface area contributed by atoms with E-state index in [9.17, 15) is 0 Å². The lowest BCUT2D eigenvalue weighted by molar-refractivity contribution is -0.407. The van der Waals surface area contributed by atoms with Gasteiger partial charge < -0.3 is 37.9 Å². The van der Waals surface area contributed by atoms with Crippen LogP contribution in [0.1, 0.15) is 22.3 Å². The molecule has 4 aromatic carbocycles. The molecular formula is C34H38O9. The van der Waals surface area contributed by atoms with Crippen LogP contribution in [0.2, 0.25) is 0 Å². The standard InChI is InChI=1S/C34H38O9/c1-35-29-13-5-25(6-14-29)21-39-33(40-22-26-7-15-30(36-2)16-8-26)43-34(41-23-27-9-17-31(37-3)18-10-27)42-24-28-11-19-32(38-4)20-12-28/h5-20,33-34H,21-24H2,1-4H3. The van der Waals surface area contributed by atoms with Gasteiger partial charge >= 0.3 is 0 Å². The molecule has 0 spiro atoms. The van der Waals surface area contributed by atoms with E-state index in [0.29, 0.717) is 0 Å². The van der Waals surface area contributed by atoms with Gasteiger partial charge in [0.25, 0.3) is 13.0 Å². The summed E-state index contributed by atoms with van der Waals surface area (Å²) in [6, 6.07) is 30.2. The molecule has 43 heavy (non-hydrogen) atoms. The Morgan fingerprint density at radius 3 is 0.744 bits per heavy atom. The summed E-state index contributed by atoms with van der Waals surface area (Å²) in [5.41, 5.74) is 3.66. The second-order valence-electron chi connectivity index (χ2n) is 9.35. The van der Waals surface area contributed by atoms with E-state index in [-0.39, 0.29) is 26.4 Å². The van der Waals surface area contributed by atoms with Crippen LogP contribution in [0.15, 0.2) is 97.1 Å². The highest BCUT2D eigenvalue weighted by Gasteiger charge is 2.21. The SMILES string of the molecule is COc1ccc(COC(OCc2ccc(OC)cc2)OC(OCc2ccc(OC)cc2)OCc2ccc(OC)cc2)cc1. The highest BCUT2D eigenvalue weighted by atomic mass is 16.9. The van der Waals surface area contributed by atoms with Crippen LogP contribution < -0.4 is 18.9 Å². The first-order valence-corrected chi connectivity index (χ1v) is 13.7. The van der Waals surface area contributed by atoms with Crippen molar-refractivity contribution in [2.45, 2.75) is 39.4 Å². The van der Waals surface area contributed by atoms with Crippen LogP contribution in [0.25, 0.3) is 0 Å². The summed E-state index contributed by atoms with van der Waals surface area (Å²) in [6.07, 6.45) is 0. The molecular weight excluding hydrogens is 552 g/mol. The first kappa shape index (κ1) is 31.8. The van der Waals surface area contributed by atoms with Gasteiger partial charge in [0.2, 0.25) is 0 Å². The van der Waals surface area contributed by atoms with Gasteiger partial charge in [-0.1, -0.05) is 48.5 Å². The summed E-state index contributed by atoms with van der Waals surface area (Å²) in [6.45, 7) is -1.33. The zero-order valence-corrected chi connectivity index (χ0v) is 24.9. The van der Waals surface area contributed by atoms with E-state index in [1.54, 1.807) is 28.4 Å². The van der Waals surface area contributed by atoms with Crippen LogP contribution in [0.4, 0.5) is 0 Å². The van der Waals surface area contributed by atoms with Gasteiger partial charge in [-0.3, -0.25) is 4.74 Å². The minimum Gasteiger partial charge on any atom is -0.497 e. The van der Waals surface area contributed by atoms with Gasteiger partial charge in [0.15, 0.2) is 0 Å². The maximum atomic E-state index is 6.13. The molecule has 0 saturated heterocycles. The number of benzene rings is 4. The Bertz CT molecular complexity index is 1120. The molecule has 0 fully saturated rings. The summed E-state index contributed by atoms with van der Waals surface area (Å²) in [7, 11) is 6.50. The topological polar surface area (TPSA) is 83.1 Å². The van der Waals surface area contributed by atoms with Crippen molar-refractivity contribution in [2.75, 3.05) is 28.4 Å². The zero-order chi connectivity index (χ0) is 30.3. The minimum atomic E-state index is -1.11. The van der Waals surface area contributed by atoms with Crippen LogP contribution in [-0.4, -0.2) is 41.4 Å². The van der Waals surface area contributed by atoms with Crippen molar-refractivity contribution >= 4 is 0 Å². The fraction of sp³-hybridized carbons (Fsp3) is 0.294. The quantitative estimate of drug-likeness (QED) is 0.121. The van der Waals surface area contributed by atoms with E-state index in [0.717, 1.165) is 45.3 Å². The van der Waals surface area contributed by atoms with E-state index >= 15 is 0 Å². The molecule has 0 aliphatic rings. The van der Waals surface area contributed by atoms with Gasteiger partial charge in [-0.15, -0.1) is 0 Å². The van der Waals surface area contributed by atoms with Crippen molar-refractivity contribution in [1.29, 1.82) is 0 Å². The molecule has 228 valence electrons. The highest BCUT2D eigenvalue weighted by Crippen LogP contribution is 2.20.